The maximum atomic E-state index is 11.7. The molecular formula is C11H22ClN3O2. The van der Waals surface area contributed by atoms with Gasteiger partial charge in [0.2, 0.25) is 11.8 Å². The van der Waals surface area contributed by atoms with Crippen molar-refractivity contribution in [3.05, 3.63) is 0 Å². The second kappa shape index (κ2) is 6.81. The second-order valence-electron chi connectivity index (χ2n) is 4.52. The van der Waals surface area contributed by atoms with Crippen molar-refractivity contribution in [3.63, 3.8) is 0 Å². The first-order valence-corrected chi connectivity index (χ1v) is 5.78. The Hall–Kier alpha value is -0.810. The quantitative estimate of drug-likeness (QED) is 0.757. The zero-order chi connectivity index (χ0) is 12.3. The van der Waals surface area contributed by atoms with Gasteiger partial charge in [0.1, 0.15) is 6.04 Å². The van der Waals surface area contributed by atoms with Crippen LogP contribution in [0.5, 0.6) is 0 Å². The Labute approximate surface area is 109 Å². The van der Waals surface area contributed by atoms with Gasteiger partial charge in [0.15, 0.2) is 0 Å². The number of carbonyl (C=O) groups is 2. The number of carbonyl (C=O) groups excluding carboxylic acids is 2. The molecule has 0 aromatic heterocycles. The normalized spacial score (nSPS) is 22.9. The maximum Gasteiger partial charge on any atom is 0.244 e. The van der Waals surface area contributed by atoms with Crippen LogP contribution in [0.25, 0.3) is 0 Å². The minimum absolute atomic E-state index is 0. The van der Waals surface area contributed by atoms with Crippen molar-refractivity contribution in [1.29, 1.82) is 0 Å². The number of nitrogens with zero attached hydrogens (tertiary/aromatic N) is 1. The van der Waals surface area contributed by atoms with E-state index >= 15 is 0 Å². The number of rotatable bonds is 4. The molecule has 1 heterocycles. The molecule has 1 aliphatic heterocycles. The molecule has 1 saturated heterocycles. The topological polar surface area (TPSA) is 75.4 Å². The molecule has 0 radical (unpaired) electrons. The van der Waals surface area contributed by atoms with Gasteiger partial charge in [-0.1, -0.05) is 20.3 Å². The Kier molecular flexibility index (Phi) is 6.49. The van der Waals surface area contributed by atoms with Crippen LogP contribution in [0.2, 0.25) is 0 Å². The van der Waals surface area contributed by atoms with E-state index in [4.69, 9.17) is 5.73 Å². The van der Waals surface area contributed by atoms with Gasteiger partial charge in [-0.15, -0.1) is 12.4 Å². The lowest BCUT2D eigenvalue weighted by molar-refractivity contribution is -0.132. The summed E-state index contributed by atoms with van der Waals surface area (Å²) in [6.45, 7) is 4.63. The van der Waals surface area contributed by atoms with Crippen LogP contribution in [0, 0.1) is 5.92 Å². The highest BCUT2D eigenvalue weighted by atomic mass is 35.5. The second-order valence-corrected chi connectivity index (χ2v) is 4.52. The third kappa shape index (κ3) is 3.85. The van der Waals surface area contributed by atoms with Crippen molar-refractivity contribution < 1.29 is 9.59 Å². The fourth-order valence-electron chi connectivity index (χ4n) is 1.74. The first-order chi connectivity index (χ1) is 7.47. The summed E-state index contributed by atoms with van der Waals surface area (Å²) >= 11 is 0. The molecule has 3 unspecified atom stereocenters. The molecule has 1 fully saturated rings. The lowest BCUT2D eigenvalue weighted by Gasteiger charge is -2.20. The van der Waals surface area contributed by atoms with Gasteiger partial charge in [-0.05, 0) is 12.3 Å². The van der Waals surface area contributed by atoms with Crippen molar-refractivity contribution in [2.75, 3.05) is 13.6 Å². The van der Waals surface area contributed by atoms with Crippen molar-refractivity contribution in [1.82, 2.24) is 10.2 Å². The standard InChI is InChI=1S/C11H21N3O2.ClH/c1-4-7(2)9(12)10(15)13-8-5-6-14(3)11(8)16;/h7-9H,4-6,12H2,1-3H3,(H,13,15);1H. The molecule has 0 spiro atoms. The number of amides is 2. The molecule has 0 bridgehead atoms. The summed E-state index contributed by atoms with van der Waals surface area (Å²) in [5.41, 5.74) is 5.79. The van der Waals surface area contributed by atoms with Crippen LogP contribution in [0.4, 0.5) is 0 Å². The molecule has 3 atom stereocenters. The summed E-state index contributed by atoms with van der Waals surface area (Å²) < 4.78 is 0. The SMILES string of the molecule is CCC(C)C(N)C(=O)NC1CCN(C)C1=O.Cl. The predicted molar refractivity (Wildman–Crippen MR) is 68.9 cm³/mol. The van der Waals surface area contributed by atoms with Gasteiger partial charge in [-0.25, -0.2) is 0 Å². The monoisotopic (exact) mass is 263 g/mol. The van der Waals surface area contributed by atoms with Crippen LogP contribution >= 0.6 is 12.4 Å². The smallest absolute Gasteiger partial charge is 0.244 e. The Morgan fingerprint density at radius 2 is 2.24 bits per heavy atom. The maximum absolute atomic E-state index is 11.7. The van der Waals surface area contributed by atoms with E-state index in [-0.39, 0.29) is 36.2 Å². The Bertz CT molecular complexity index is 286. The summed E-state index contributed by atoms with van der Waals surface area (Å²) in [7, 11) is 1.74. The van der Waals surface area contributed by atoms with Gasteiger partial charge >= 0.3 is 0 Å². The van der Waals surface area contributed by atoms with E-state index in [0.29, 0.717) is 13.0 Å². The van der Waals surface area contributed by atoms with E-state index in [9.17, 15) is 9.59 Å². The van der Waals surface area contributed by atoms with E-state index in [1.54, 1.807) is 11.9 Å². The number of hydrogen-bond donors (Lipinski definition) is 2. The van der Waals surface area contributed by atoms with Gasteiger partial charge in [0, 0.05) is 13.6 Å². The molecule has 2 amide bonds. The average Bonchev–Trinajstić information content (AvgIpc) is 2.58. The van der Waals surface area contributed by atoms with Crippen LogP contribution in [0.1, 0.15) is 26.7 Å². The minimum Gasteiger partial charge on any atom is -0.344 e. The number of likely N-dealkylation sites (tertiary alicyclic amines) is 1. The van der Waals surface area contributed by atoms with E-state index in [2.05, 4.69) is 5.32 Å². The van der Waals surface area contributed by atoms with Crippen LogP contribution in [0.15, 0.2) is 0 Å². The van der Waals surface area contributed by atoms with Gasteiger partial charge in [0.05, 0.1) is 6.04 Å². The summed E-state index contributed by atoms with van der Waals surface area (Å²) in [6.07, 6.45) is 1.53. The number of likely N-dealkylation sites (N-methyl/N-ethyl adjacent to an activating group) is 1. The number of nitrogens with one attached hydrogen (secondary N) is 1. The van der Waals surface area contributed by atoms with E-state index in [1.165, 1.54) is 0 Å². The summed E-state index contributed by atoms with van der Waals surface area (Å²) in [5, 5.41) is 2.72. The lowest BCUT2D eigenvalue weighted by atomic mass is 9.99. The van der Waals surface area contributed by atoms with Crippen molar-refractivity contribution in [3.8, 4) is 0 Å². The van der Waals surface area contributed by atoms with Gasteiger partial charge in [-0.2, -0.15) is 0 Å². The van der Waals surface area contributed by atoms with Crippen LogP contribution in [0.3, 0.4) is 0 Å². The molecular weight excluding hydrogens is 242 g/mol. The third-order valence-corrected chi connectivity index (χ3v) is 3.30. The molecule has 17 heavy (non-hydrogen) atoms. The summed E-state index contributed by atoms with van der Waals surface area (Å²) in [6, 6.07) is -0.906. The fourth-order valence-corrected chi connectivity index (χ4v) is 1.74. The molecule has 3 N–H and O–H groups in total. The fraction of sp³-hybridized carbons (Fsp3) is 0.818. The Morgan fingerprint density at radius 1 is 1.65 bits per heavy atom. The highest BCUT2D eigenvalue weighted by Crippen LogP contribution is 2.10. The summed E-state index contributed by atoms with van der Waals surface area (Å²) in [5.74, 6) is -0.109. The van der Waals surface area contributed by atoms with Gasteiger partial charge in [-0.3, -0.25) is 9.59 Å². The van der Waals surface area contributed by atoms with Crippen molar-refractivity contribution >= 4 is 24.2 Å². The molecule has 0 aromatic carbocycles. The Morgan fingerprint density at radius 3 is 2.65 bits per heavy atom. The van der Waals surface area contributed by atoms with Gasteiger partial charge < -0.3 is 16.0 Å². The molecule has 1 aliphatic rings. The molecule has 0 saturated carbocycles. The first kappa shape index (κ1) is 16.2. The van der Waals surface area contributed by atoms with Crippen molar-refractivity contribution in [2.45, 2.75) is 38.8 Å². The molecule has 100 valence electrons. The Balaban J connectivity index is 0.00000256. The van der Waals surface area contributed by atoms with Crippen LogP contribution in [-0.4, -0.2) is 42.4 Å². The number of hydrogen-bond acceptors (Lipinski definition) is 3. The lowest BCUT2D eigenvalue weighted by Crippen LogP contribution is -2.50. The zero-order valence-electron chi connectivity index (χ0n) is 10.6. The minimum atomic E-state index is -0.524. The number of nitrogens with two attached hydrogens (primary N) is 1. The van der Waals surface area contributed by atoms with E-state index in [1.807, 2.05) is 13.8 Å². The van der Waals surface area contributed by atoms with Gasteiger partial charge in [0.25, 0.3) is 0 Å². The van der Waals surface area contributed by atoms with Crippen LogP contribution in [-0.2, 0) is 9.59 Å². The highest BCUT2D eigenvalue weighted by molar-refractivity contribution is 5.90. The summed E-state index contributed by atoms with van der Waals surface area (Å²) in [4.78, 5) is 24.9. The number of halogens is 1. The van der Waals surface area contributed by atoms with Crippen molar-refractivity contribution in [2.24, 2.45) is 11.7 Å². The predicted octanol–water partition coefficient (Wildman–Crippen LogP) is 0.129. The molecule has 5 nitrogen and oxygen atoms in total. The first-order valence-electron chi connectivity index (χ1n) is 5.78. The average molecular weight is 264 g/mol. The van der Waals surface area contributed by atoms with E-state index in [0.717, 1.165) is 6.42 Å². The highest BCUT2D eigenvalue weighted by Gasteiger charge is 2.32. The molecule has 6 heteroatoms. The largest absolute Gasteiger partial charge is 0.344 e. The molecule has 1 rings (SSSR count). The van der Waals surface area contributed by atoms with E-state index < -0.39 is 6.04 Å². The molecule has 0 aromatic rings. The third-order valence-electron chi connectivity index (χ3n) is 3.30. The van der Waals surface area contributed by atoms with Crippen LogP contribution < -0.4 is 11.1 Å². The molecule has 0 aliphatic carbocycles. The zero-order valence-corrected chi connectivity index (χ0v) is 11.4.